The van der Waals surface area contributed by atoms with E-state index in [9.17, 15) is 9.59 Å². The molecule has 1 aromatic carbocycles. The summed E-state index contributed by atoms with van der Waals surface area (Å²) in [6.45, 7) is 11.0. The van der Waals surface area contributed by atoms with Gasteiger partial charge in [-0.25, -0.2) is 4.79 Å². The van der Waals surface area contributed by atoms with Gasteiger partial charge in [-0.1, -0.05) is 30.3 Å². The van der Waals surface area contributed by atoms with Gasteiger partial charge in [-0.05, 0) is 26.3 Å². The number of rotatable bonds is 6. The van der Waals surface area contributed by atoms with Gasteiger partial charge in [0.2, 0.25) is 5.91 Å². The van der Waals surface area contributed by atoms with Gasteiger partial charge in [-0.3, -0.25) is 9.69 Å². The number of carbonyl (C=O) groups is 2. The lowest BCUT2D eigenvalue weighted by Gasteiger charge is -2.36. The molecule has 138 valence electrons. The Kier molecular flexibility index (Phi) is 7.25. The zero-order valence-corrected chi connectivity index (χ0v) is 15.6. The molecule has 0 saturated carbocycles. The lowest BCUT2D eigenvalue weighted by molar-refractivity contribution is -0.134. The third kappa shape index (κ3) is 5.46. The van der Waals surface area contributed by atoms with Crippen LogP contribution in [0.4, 0.5) is 4.79 Å². The van der Waals surface area contributed by atoms with Crippen molar-refractivity contribution in [3.8, 4) is 0 Å². The number of urea groups is 1. The fraction of sp³-hybridized carbons (Fsp3) is 0.579. The monoisotopic (exact) mass is 346 g/mol. The average Bonchev–Trinajstić information content (AvgIpc) is 2.63. The molecule has 1 atom stereocenters. The molecule has 0 aliphatic carbocycles. The second kappa shape index (κ2) is 9.42. The summed E-state index contributed by atoms with van der Waals surface area (Å²) < 4.78 is 0. The predicted molar refractivity (Wildman–Crippen MR) is 99.2 cm³/mol. The van der Waals surface area contributed by atoms with Crippen LogP contribution in [0.2, 0.25) is 0 Å². The van der Waals surface area contributed by atoms with Crippen molar-refractivity contribution in [2.75, 3.05) is 39.3 Å². The van der Waals surface area contributed by atoms with Crippen molar-refractivity contribution in [2.45, 2.75) is 33.4 Å². The molecule has 0 aromatic heterocycles. The van der Waals surface area contributed by atoms with Gasteiger partial charge < -0.3 is 15.1 Å². The highest BCUT2D eigenvalue weighted by Crippen LogP contribution is 2.09. The van der Waals surface area contributed by atoms with Gasteiger partial charge in [0.1, 0.15) is 6.04 Å². The largest absolute Gasteiger partial charge is 0.338 e. The number of benzene rings is 1. The first-order valence-corrected chi connectivity index (χ1v) is 9.15. The summed E-state index contributed by atoms with van der Waals surface area (Å²) >= 11 is 0. The fourth-order valence-electron chi connectivity index (χ4n) is 3.09. The Hall–Kier alpha value is -2.08. The third-order valence-electron chi connectivity index (χ3n) is 4.69. The Bertz CT molecular complexity index is 552. The Morgan fingerprint density at radius 2 is 1.68 bits per heavy atom. The number of hydrogen-bond acceptors (Lipinski definition) is 3. The molecule has 2 rings (SSSR count). The number of nitrogens with one attached hydrogen (secondary N) is 1. The highest BCUT2D eigenvalue weighted by molar-refractivity contribution is 5.86. The van der Waals surface area contributed by atoms with Crippen molar-refractivity contribution in [3.05, 3.63) is 35.9 Å². The first kappa shape index (κ1) is 19.2. The molecule has 25 heavy (non-hydrogen) atoms. The molecule has 6 nitrogen and oxygen atoms in total. The highest BCUT2D eigenvalue weighted by Gasteiger charge is 2.26. The first-order valence-electron chi connectivity index (χ1n) is 9.15. The summed E-state index contributed by atoms with van der Waals surface area (Å²) in [5, 5.41) is 2.81. The third-order valence-corrected chi connectivity index (χ3v) is 4.69. The van der Waals surface area contributed by atoms with E-state index in [2.05, 4.69) is 34.5 Å². The van der Waals surface area contributed by atoms with E-state index in [0.717, 1.165) is 19.6 Å². The minimum absolute atomic E-state index is 0.000123. The van der Waals surface area contributed by atoms with E-state index in [-0.39, 0.29) is 11.9 Å². The number of piperazine rings is 1. The summed E-state index contributed by atoms with van der Waals surface area (Å²) in [4.78, 5) is 30.6. The summed E-state index contributed by atoms with van der Waals surface area (Å²) in [6.07, 6.45) is 0. The van der Waals surface area contributed by atoms with Gasteiger partial charge in [0.25, 0.3) is 0 Å². The van der Waals surface area contributed by atoms with Crippen LogP contribution in [0, 0.1) is 0 Å². The Labute approximate surface area is 150 Å². The van der Waals surface area contributed by atoms with Crippen LogP contribution in [0.25, 0.3) is 0 Å². The Morgan fingerprint density at radius 3 is 2.24 bits per heavy atom. The van der Waals surface area contributed by atoms with Gasteiger partial charge in [-0.15, -0.1) is 0 Å². The van der Waals surface area contributed by atoms with E-state index in [1.165, 1.54) is 5.56 Å². The number of amides is 3. The van der Waals surface area contributed by atoms with E-state index >= 15 is 0 Å². The van der Waals surface area contributed by atoms with Crippen molar-refractivity contribution >= 4 is 11.9 Å². The average molecular weight is 346 g/mol. The van der Waals surface area contributed by atoms with Crippen molar-refractivity contribution in [2.24, 2.45) is 0 Å². The summed E-state index contributed by atoms with van der Waals surface area (Å²) in [5.41, 5.74) is 1.29. The first-order chi connectivity index (χ1) is 12.0. The quantitative estimate of drug-likeness (QED) is 0.854. The molecule has 0 spiro atoms. The molecule has 0 unspecified atom stereocenters. The molecular formula is C19H30N4O2. The van der Waals surface area contributed by atoms with Crippen molar-refractivity contribution < 1.29 is 9.59 Å². The Morgan fingerprint density at radius 1 is 1.08 bits per heavy atom. The van der Waals surface area contributed by atoms with Crippen molar-refractivity contribution in [1.82, 2.24) is 20.0 Å². The molecule has 1 aliphatic rings. The van der Waals surface area contributed by atoms with Crippen LogP contribution in [0.3, 0.4) is 0 Å². The molecule has 1 saturated heterocycles. The van der Waals surface area contributed by atoms with Gasteiger partial charge >= 0.3 is 6.03 Å². The van der Waals surface area contributed by atoms with Crippen LogP contribution >= 0.6 is 0 Å². The zero-order chi connectivity index (χ0) is 18.2. The van der Waals surface area contributed by atoms with Crippen LogP contribution < -0.4 is 5.32 Å². The molecule has 1 aromatic rings. The molecule has 1 aliphatic heterocycles. The molecule has 6 heteroatoms. The van der Waals surface area contributed by atoms with E-state index in [1.54, 1.807) is 11.8 Å². The molecule has 1 fully saturated rings. The van der Waals surface area contributed by atoms with E-state index in [0.29, 0.717) is 26.2 Å². The highest BCUT2D eigenvalue weighted by atomic mass is 16.2. The second-order valence-electron chi connectivity index (χ2n) is 6.43. The fourth-order valence-corrected chi connectivity index (χ4v) is 3.09. The normalized spacial score (nSPS) is 16.4. The second-order valence-corrected chi connectivity index (χ2v) is 6.43. The number of carbonyl (C=O) groups excluding carboxylic acids is 2. The smallest absolute Gasteiger partial charge is 0.318 e. The summed E-state index contributed by atoms with van der Waals surface area (Å²) in [7, 11) is 0. The maximum atomic E-state index is 12.6. The van der Waals surface area contributed by atoms with Gasteiger partial charge in [0.15, 0.2) is 0 Å². The van der Waals surface area contributed by atoms with Crippen molar-refractivity contribution in [1.29, 1.82) is 0 Å². The molecule has 1 N–H and O–H groups in total. The number of nitrogens with zero attached hydrogens (tertiary/aromatic N) is 3. The van der Waals surface area contributed by atoms with E-state index < -0.39 is 6.04 Å². The molecule has 0 radical (unpaired) electrons. The maximum Gasteiger partial charge on any atom is 0.318 e. The predicted octanol–water partition coefficient (Wildman–Crippen LogP) is 1.77. The van der Waals surface area contributed by atoms with Gasteiger partial charge in [0, 0.05) is 45.8 Å². The van der Waals surface area contributed by atoms with Crippen LogP contribution in [-0.2, 0) is 11.3 Å². The molecule has 1 heterocycles. The van der Waals surface area contributed by atoms with Crippen LogP contribution in [0.5, 0.6) is 0 Å². The minimum atomic E-state index is -0.492. The van der Waals surface area contributed by atoms with Crippen LogP contribution in [0.1, 0.15) is 26.3 Å². The van der Waals surface area contributed by atoms with Crippen molar-refractivity contribution in [3.63, 3.8) is 0 Å². The number of hydrogen-bond donors (Lipinski definition) is 1. The van der Waals surface area contributed by atoms with E-state index in [4.69, 9.17) is 0 Å². The SMILES string of the molecule is CCN(CC)C(=O)N[C@@H](C)C(=O)N1CCN(Cc2ccccc2)CC1. The maximum absolute atomic E-state index is 12.6. The van der Waals surface area contributed by atoms with Crippen LogP contribution in [-0.4, -0.2) is 71.9 Å². The minimum Gasteiger partial charge on any atom is -0.338 e. The van der Waals surface area contributed by atoms with E-state index in [1.807, 2.05) is 24.8 Å². The molecular weight excluding hydrogens is 316 g/mol. The lowest BCUT2D eigenvalue weighted by Crippen LogP contribution is -2.55. The van der Waals surface area contributed by atoms with Crippen LogP contribution in [0.15, 0.2) is 30.3 Å². The molecule has 3 amide bonds. The van der Waals surface area contributed by atoms with Gasteiger partial charge in [0.05, 0.1) is 0 Å². The summed E-state index contributed by atoms with van der Waals surface area (Å²) in [6, 6.07) is 9.71. The Balaban J connectivity index is 1.79. The standard InChI is InChI=1S/C19H30N4O2/c1-4-22(5-2)19(25)20-16(3)18(24)23-13-11-21(12-14-23)15-17-9-7-6-8-10-17/h6-10,16H,4-5,11-15H2,1-3H3,(H,20,25)/t16-/m0/s1. The lowest BCUT2D eigenvalue weighted by atomic mass is 10.2. The topological polar surface area (TPSA) is 55.9 Å². The zero-order valence-electron chi connectivity index (χ0n) is 15.6. The van der Waals surface area contributed by atoms with Gasteiger partial charge in [-0.2, -0.15) is 0 Å². The summed E-state index contributed by atoms with van der Waals surface area (Å²) in [5.74, 6) is -0.000123. The molecule has 0 bridgehead atoms.